The molecule has 1 saturated heterocycles. The van der Waals surface area contributed by atoms with Gasteiger partial charge in [0, 0.05) is 38.4 Å². The van der Waals surface area contributed by atoms with E-state index in [9.17, 15) is 9.18 Å². The fourth-order valence-electron chi connectivity index (χ4n) is 3.12. The molecule has 7 nitrogen and oxygen atoms in total. The van der Waals surface area contributed by atoms with E-state index in [0.717, 1.165) is 25.2 Å². The van der Waals surface area contributed by atoms with Crippen molar-refractivity contribution in [3.63, 3.8) is 0 Å². The fraction of sp³-hybridized carbons (Fsp3) is 0.450. The molecule has 1 aromatic heterocycles. The van der Waals surface area contributed by atoms with Gasteiger partial charge in [-0.1, -0.05) is 0 Å². The zero-order valence-electron chi connectivity index (χ0n) is 16.4. The molecule has 0 saturated carbocycles. The molecule has 2 heterocycles. The number of nitrogens with zero attached hydrogens (tertiary/aromatic N) is 5. The fourth-order valence-corrected chi connectivity index (χ4v) is 3.12. The largest absolute Gasteiger partial charge is 0.369 e. The van der Waals surface area contributed by atoms with E-state index >= 15 is 0 Å². The van der Waals surface area contributed by atoms with Crippen LogP contribution in [-0.4, -0.2) is 79.0 Å². The Morgan fingerprint density at radius 1 is 1.11 bits per heavy atom. The Hall–Kier alpha value is -2.74. The number of piperazine rings is 1. The van der Waals surface area contributed by atoms with Crippen LogP contribution in [0.1, 0.15) is 16.9 Å². The molecule has 1 aliphatic rings. The summed E-state index contributed by atoms with van der Waals surface area (Å²) < 4.78 is 13.1. The Bertz CT molecular complexity index is 757. The van der Waals surface area contributed by atoms with E-state index in [4.69, 9.17) is 0 Å². The van der Waals surface area contributed by atoms with Gasteiger partial charge < -0.3 is 20.0 Å². The maximum Gasteiger partial charge on any atom is 0.274 e. The normalized spacial score (nSPS) is 14.4. The number of benzene rings is 1. The van der Waals surface area contributed by atoms with Crippen molar-refractivity contribution in [1.82, 2.24) is 19.8 Å². The number of amides is 1. The van der Waals surface area contributed by atoms with Gasteiger partial charge in [-0.2, -0.15) is 0 Å². The summed E-state index contributed by atoms with van der Waals surface area (Å²) in [6.07, 6.45) is 4.15. The summed E-state index contributed by atoms with van der Waals surface area (Å²) in [6.45, 7) is 4.42. The highest BCUT2D eigenvalue weighted by molar-refractivity contribution is 5.92. The lowest BCUT2D eigenvalue weighted by atomic mass is 10.2. The molecule has 1 aromatic carbocycles. The number of rotatable bonds is 7. The van der Waals surface area contributed by atoms with E-state index in [1.165, 1.54) is 18.3 Å². The van der Waals surface area contributed by atoms with E-state index < -0.39 is 0 Å². The Morgan fingerprint density at radius 2 is 1.82 bits per heavy atom. The van der Waals surface area contributed by atoms with Crippen LogP contribution < -0.4 is 10.2 Å². The third-order valence-electron chi connectivity index (χ3n) is 4.72. The zero-order chi connectivity index (χ0) is 19.9. The number of aromatic nitrogens is 2. The average molecular weight is 386 g/mol. The molecular weight excluding hydrogens is 359 g/mol. The van der Waals surface area contributed by atoms with E-state index in [1.54, 1.807) is 23.2 Å². The standard InChI is InChI=1S/C20H27FN6O/c1-25(2)9-3-8-22-19-15-23-18(14-24-19)20(28)27-12-10-26(11-13-27)17-6-4-16(21)5-7-17/h4-7,14-15H,3,8-13H2,1-2H3,(H,22,24). The minimum absolute atomic E-state index is 0.106. The van der Waals surface area contributed by atoms with Gasteiger partial charge in [0.05, 0.1) is 12.4 Å². The second-order valence-electron chi connectivity index (χ2n) is 7.13. The molecule has 0 bridgehead atoms. The molecule has 1 fully saturated rings. The van der Waals surface area contributed by atoms with E-state index in [-0.39, 0.29) is 11.7 Å². The van der Waals surface area contributed by atoms with Gasteiger partial charge in [0.15, 0.2) is 0 Å². The summed E-state index contributed by atoms with van der Waals surface area (Å²) in [6, 6.07) is 6.45. The lowest BCUT2D eigenvalue weighted by Gasteiger charge is -2.35. The molecule has 2 aromatic rings. The van der Waals surface area contributed by atoms with Crippen LogP contribution >= 0.6 is 0 Å². The molecule has 0 radical (unpaired) electrons. The summed E-state index contributed by atoms with van der Waals surface area (Å²) in [5.41, 5.74) is 1.33. The maximum atomic E-state index is 13.1. The molecule has 3 rings (SSSR count). The molecule has 150 valence electrons. The molecule has 0 spiro atoms. The van der Waals surface area contributed by atoms with Crippen LogP contribution in [0.4, 0.5) is 15.9 Å². The maximum absolute atomic E-state index is 13.1. The smallest absolute Gasteiger partial charge is 0.274 e. The van der Waals surface area contributed by atoms with Crippen molar-refractivity contribution >= 4 is 17.4 Å². The number of hydrogen-bond donors (Lipinski definition) is 1. The van der Waals surface area contributed by atoms with Crippen molar-refractivity contribution in [2.75, 3.05) is 63.6 Å². The summed E-state index contributed by atoms with van der Waals surface area (Å²) >= 11 is 0. The molecule has 8 heteroatoms. The van der Waals surface area contributed by atoms with Gasteiger partial charge in [0.25, 0.3) is 5.91 Å². The van der Waals surface area contributed by atoms with Gasteiger partial charge in [-0.05, 0) is 51.3 Å². The van der Waals surface area contributed by atoms with Crippen molar-refractivity contribution in [2.45, 2.75) is 6.42 Å². The molecule has 1 amide bonds. The summed E-state index contributed by atoms with van der Waals surface area (Å²) in [5.74, 6) is 0.327. The molecule has 0 aliphatic carbocycles. The van der Waals surface area contributed by atoms with Crippen LogP contribution in [0, 0.1) is 5.82 Å². The van der Waals surface area contributed by atoms with Gasteiger partial charge in [-0.3, -0.25) is 4.79 Å². The Balaban J connectivity index is 1.48. The average Bonchev–Trinajstić information content (AvgIpc) is 2.72. The van der Waals surface area contributed by atoms with Crippen LogP contribution in [0.2, 0.25) is 0 Å². The molecule has 28 heavy (non-hydrogen) atoms. The summed E-state index contributed by atoms with van der Waals surface area (Å²) in [5, 5.41) is 3.22. The van der Waals surface area contributed by atoms with E-state index in [0.29, 0.717) is 37.7 Å². The lowest BCUT2D eigenvalue weighted by Crippen LogP contribution is -2.49. The quantitative estimate of drug-likeness (QED) is 0.734. The van der Waals surface area contributed by atoms with Crippen LogP contribution in [-0.2, 0) is 0 Å². The molecule has 1 N–H and O–H groups in total. The van der Waals surface area contributed by atoms with Gasteiger partial charge in [0.1, 0.15) is 17.3 Å². The first kappa shape index (κ1) is 20.0. The predicted octanol–water partition coefficient (Wildman–Crippen LogP) is 1.94. The number of hydrogen-bond acceptors (Lipinski definition) is 6. The first-order valence-electron chi connectivity index (χ1n) is 9.53. The Labute approximate surface area is 165 Å². The van der Waals surface area contributed by atoms with Gasteiger partial charge in [0.2, 0.25) is 0 Å². The van der Waals surface area contributed by atoms with Crippen LogP contribution in [0.3, 0.4) is 0 Å². The van der Waals surface area contributed by atoms with Gasteiger partial charge >= 0.3 is 0 Å². The first-order valence-corrected chi connectivity index (χ1v) is 9.53. The van der Waals surface area contributed by atoms with Crippen molar-refractivity contribution < 1.29 is 9.18 Å². The number of carbonyl (C=O) groups excluding carboxylic acids is 1. The predicted molar refractivity (Wildman–Crippen MR) is 108 cm³/mol. The highest BCUT2D eigenvalue weighted by Crippen LogP contribution is 2.17. The second-order valence-corrected chi connectivity index (χ2v) is 7.13. The summed E-state index contributed by atoms with van der Waals surface area (Å²) in [7, 11) is 4.08. The Morgan fingerprint density at radius 3 is 2.43 bits per heavy atom. The van der Waals surface area contributed by atoms with E-state index in [1.807, 2.05) is 14.1 Å². The number of carbonyl (C=O) groups is 1. The molecular formula is C20H27FN6O. The van der Waals surface area contributed by atoms with Crippen molar-refractivity contribution in [2.24, 2.45) is 0 Å². The monoisotopic (exact) mass is 386 g/mol. The molecule has 0 unspecified atom stereocenters. The third-order valence-corrected chi connectivity index (χ3v) is 4.72. The lowest BCUT2D eigenvalue weighted by molar-refractivity contribution is 0.0740. The van der Waals surface area contributed by atoms with Crippen molar-refractivity contribution in [3.05, 3.63) is 48.2 Å². The highest BCUT2D eigenvalue weighted by atomic mass is 19.1. The minimum Gasteiger partial charge on any atom is -0.369 e. The second kappa shape index (κ2) is 9.45. The summed E-state index contributed by atoms with van der Waals surface area (Å²) in [4.78, 5) is 27.3. The SMILES string of the molecule is CN(C)CCCNc1cnc(C(=O)N2CCN(c3ccc(F)cc3)CC2)cn1. The van der Waals surface area contributed by atoms with E-state index in [2.05, 4.69) is 25.1 Å². The van der Waals surface area contributed by atoms with Gasteiger partial charge in [-0.15, -0.1) is 0 Å². The highest BCUT2D eigenvalue weighted by Gasteiger charge is 2.23. The molecule has 1 aliphatic heterocycles. The minimum atomic E-state index is -0.244. The number of halogens is 1. The topological polar surface area (TPSA) is 64.6 Å². The van der Waals surface area contributed by atoms with Crippen LogP contribution in [0.5, 0.6) is 0 Å². The zero-order valence-corrected chi connectivity index (χ0v) is 16.4. The number of nitrogens with one attached hydrogen (secondary N) is 1. The number of anilines is 2. The van der Waals surface area contributed by atoms with Crippen LogP contribution in [0.25, 0.3) is 0 Å². The molecule has 0 atom stereocenters. The third kappa shape index (κ3) is 5.39. The first-order chi connectivity index (χ1) is 13.5. The van der Waals surface area contributed by atoms with Gasteiger partial charge in [-0.25, -0.2) is 14.4 Å². The van der Waals surface area contributed by atoms with Crippen molar-refractivity contribution in [1.29, 1.82) is 0 Å². The van der Waals surface area contributed by atoms with Crippen molar-refractivity contribution in [3.8, 4) is 0 Å². The van der Waals surface area contributed by atoms with Crippen LogP contribution in [0.15, 0.2) is 36.7 Å². The Kier molecular flexibility index (Phi) is 6.76.